The zero-order chi connectivity index (χ0) is 36.8. The molecule has 15 nitrogen and oxygen atoms in total. The third kappa shape index (κ3) is 10.9. The zero-order valence-electron chi connectivity index (χ0n) is 29.7. The molecule has 0 aliphatic carbocycles. The van der Waals surface area contributed by atoms with Gasteiger partial charge in [-0.1, -0.05) is 25.0 Å². The predicted molar refractivity (Wildman–Crippen MR) is 205 cm³/mol. The van der Waals surface area contributed by atoms with Crippen molar-refractivity contribution in [2.75, 3.05) is 90.6 Å². The second-order valence-corrected chi connectivity index (χ2v) is 12.7. The van der Waals surface area contributed by atoms with Crippen molar-refractivity contribution < 1.29 is 23.9 Å². The van der Waals surface area contributed by atoms with Crippen molar-refractivity contribution in [1.82, 2.24) is 20.3 Å². The Morgan fingerprint density at radius 3 is 1.83 bits per heavy atom. The first-order valence-corrected chi connectivity index (χ1v) is 18.0. The largest absolute Gasteiger partial charge is 0.397 e. The van der Waals surface area contributed by atoms with Gasteiger partial charge < -0.3 is 46.3 Å². The molecule has 0 radical (unpaired) electrons. The standard InChI is InChI=1S/C38H46N10O5/c39-31-7-4-5-8-32(31)43-33(49)9-3-1-2-6-18-40-35(50)28-12-16-30(17-13-28)42-38(51)41-29-14-10-27(11-15-29)34-44-36(47-19-23-52-24-20-47)46-37(45-34)48-21-25-53-26-22-48/h4-5,7-8,10-17H,1-3,6,9,18-26,39H2,(H,40,50)(H,43,49)(H2,41,42,51). The van der Waals surface area contributed by atoms with E-state index in [9.17, 15) is 14.4 Å². The van der Waals surface area contributed by atoms with E-state index in [-0.39, 0.29) is 11.8 Å². The minimum atomic E-state index is -0.416. The quantitative estimate of drug-likeness (QED) is 0.0892. The molecule has 2 fully saturated rings. The number of aromatic nitrogens is 3. The highest BCUT2D eigenvalue weighted by Gasteiger charge is 2.21. The van der Waals surface area contributed by atoms with Crippen LogP contribution in [0.15, 0.2) is 72.8 Å². The molecule has 0 unspecified atom stereocenters. The number of nitrogen functional groups attached to an aromatic ring is 1. The molecule has 2 aliphatic rings. The Morgan fingerprint density at radius 1 is 0.660 bits per heavy atom. The van der Waals surface area contributed by atoms with Crippen LogP contribution in [0.25, 0.3) is 11.4 Å². The van der Waals surface area contributed by atoms with E-state index in [0.717, 1.165) is 31.2 Å². The number of hydrogen-bond donors (Lipinski definition) is 5. The lowest BCUT2D eigenvalue weighted by atomic mass is 10.1. The van der Waals surface area contributed by atoms with Crippen molar-refractivity contribution in [2.45, 2.75) is 32.1 Å². The Kier molecular flexibility index (Phi) is 13.0. The fourth-order valence-electron chi connectivity index (χ4n) is 5.89. The van der Waals surface area contributed by atoms with Crippen LogP contribution in [0.2, 0.25) is 0 Å². The van der Waals surface area contributed by atoms with Crippen molar-refractivity contribution in [1.29, 1.82) is 0 Å². The summed E-state index contributed by atoms with van der Waals surface area (Å²) in [6, 6.07) is 20.8. The molecule has 4 amide bonds. The number of morpholine rings is 2. The number of para-hydroxylation sites is 2. The summed E-state index contributed by atoms with van der Waals surface area (Å²) >= 11 is 0. The summed E-state index contributed by atoms with van der Waals surface area (Å²) in [7, 11) is 0. The first kappa shape index (κ1) is 37.0. The van der Waals surface area contributed by atoms with Crippen molar-refractivity contribution in [3.63, 3.8) is 0 Å². The van der Waals surface area contributed by atoms with Gasteiger partial charge in [0, 0.05) is 61.6 Å². The Balaban J connectivity index is 0.928. The zero-order valence-corrected chi connectivity index (χ0v) is 29.7. The minimum absolute atomic E-state index is 0.0605. The molecular formula is C38H46N10O5. The number of hydrogen-bond acceptors (Lipinski definition) is 11. The van der Waals surface area contributed by atoms with E-state index < -0.39 is 6.03 Å². The number of nitrogens with zero attached hydrogens (tertiary/aromatic N) is 5. The van der Waals surface area contributed by atoms with Gasteiger partial charge in [-0.05, 0) is 73.5 Å². The number of carbonyl (C=O) groups excluding carboxylic acids is 3. The molecule has 3 heterocycles. The Labute approximate surface area is 308 Å². The monoisotopic (exact) mass is 722 g/mol. The van der Waals surface area contributed by atoms with Gasteiger partial charge in [-0.25, -0.2) is 4.79 Å². The molecule has 3 aromatic carbocycles. The van der Waals surface area contributed by atoms with Gasteiger partial charge in [0.2, 0.25) is 17.8 Å². The van der Waals surface area contributed by atoms with Gasteiger partial charge in [0.05, 0.1) is 37.8 Å². The van der Waals surface area contributed by atoms with Crippen LogP contribution in [0.1, 0.15) is 42.5 Å². The van der Waals surface area contributed by atoms with E-state index in [2.05, 4.69) is 31.1 Å². The van der Waals surface area contributed by atoms with Gasteiger partial charge in [-0.15, -0.1) is 0 Å². The molecule has 0 spiro atoms. The molecule has 0 atom stereocenters. The SMILES string of the molecule is Nc1ccccc1NC(=O)CCCCCCNC(=O)c1ccc(NC(=O)Nc2ccc(-c3nc(N4CCOCC4)nc(N4CCOCC4)n3)cc2)cc1. The number of unbranched alkanes of at least 4 members (excludes halogenated alkanes) is 3. The minimum Gasteiger partial charge on any atom is -0.397 e. The van der Waals surface area contributed by atoms with Crippen LogP contribution >= 0.6 is 0 Å². The molecule has 1 aromatic heterocycles. The van der Waals surface area contributed by atoms with Crippen LogP contribution < -0.4 is 36.8 Å². The van der Waals surface area contributed by atoms with E-state index in [1.165, 1.54) is 0 Å². The third-order valence-corrected chi connectivity index (χ3v) is 8.86. The number of ether oxygens (including phenoxy) is 2. The molecule has 0 saturated carbocycles. The Morgan fingerprint density at radius 2 is 1.23 bits per heavy atom. The molecule has 2 saturated heterocycles. The summed E-state index contributed by atoms with van der Waals surface area (Å²) in [6.07, 6.45) is 3.76. The maximum Gasteiger partial charge on any atom is 0.323 e. The van der Waals surface area contributed by atoms with E-state index in [1.54, 1.807) is 48.5 Å². The summed E-state index contributed by atoms with van der Waals surface area (Å²) in [4.78, 5) is 56.1. The third-order valence-electron chi connectivity index (χ3n) is 8.86. The Hall–Kier alpha value is -5.80. The van der Waals surface area contributed by atoms with Crippen LogP contribution in [0.5, 0.6) is 0 Å². The van der Waals surface area contributed by atoms with E-state index >= 15 is 0 Å². The number of amides is 4. The number of anilines is 6. The second kappa shape index (κ2) is 18.6. The summed E-state index contributed by atoms with van der Waals surface area (Å²) in [5.41, 5.74) is 9.48. The predicted octanol–water partition coefficient (Wildman–Crippen LogP) is 4.76. The van der Waals surface area contributed by atoms with Crippen molar-refractivity contribution in [3.8, 4) is 11.4 Å². The van der Waals surface area contributed by atoms with Gasteiger partial charge in [-0.2, -0.15) is 15.0 Å². The summed E-state index contributed by atoms with van der Waals surface area (Å²) in [6.45, 7) is 5.84. The average Bonchev–Trinajstić information content (AvgIpc) is 3.19. The number of urea groups is 1. The van der Waals surface area contributed by atoms with Gasteiger partial charge in [0.1, 0.15) is 0 Å². The van der Waals surface area contributed by atoms with Crippen LogP contribution in [0.4, 0.5) is 39.4 Å². The van der Waals surface area contributed by atoms with E-state index in [4.69, 9.17) is 30.2 Å². The van der Waals surface area contributed by atoms with E-state index in [1.807, 2.05) is 24.3 Å². The highest BCUT2D eigenvalue weighted by atomic mass is 16.5. The lowest BCUT2D eigenvalue weighted by Crippen LogP contribution is -2.40. The van der Waals surface area contributed by atoms with Crippen molar-refractivity contribution >= 4 is 52.5 Å². The number of carbonyl (C=O) groups is 3. The molecule has 4 aromatic rings. The smallest absolute Gasteiger partial charge is 0.323 e. The molecule has 278 valence electrons. The van der Waals surface area contributed by atoms with Crippen LogP contribution in [0.3, 0.4) is 0 Å². The maximum atomic E-state index is 12.8. The van der Waals surface area contributed by atoms with Gasteiger partial charge in [-0.3, -0.25) is 9.59 Å². The normalized spacial score (nSPS) is 14.3. The fourth-order valence-corrected chi connectivity index (χ4v) is 5.89. The first-order chi connectivity index (χ1) is 25.9. The maximum absolute atomic E-state index is 12.8. The van der Waals surface area contributed by atoms with Gasteiger partial charge in [0.25, 0.3) is 5.91 Å². The van der Waals surface area contributed by atoms with Crippen LogP contribution in [-0.2, 0) is 14.3 Å². The summed E-state index contributed by atoms with van der Waals surface area (Å²) in [5, 5.41) is 11.4. The molecule has 2 aliphatic heterocycles. The molecular weight excluding hydrogens is 676 g/mol. The second-order valence-electron chi connectivity index (χ2n) is 12.7. The topological polar surface area (TPSA) is 189 Å². The lowest BCUT2D eigenvalue weighted by molar-refractivity contribution is -0.116. The van der Waals surface area contributed by atoms with Crippen LogP contribution in [-0.4, -0.2) is 91.9 Å². The van der Waals surface area contributed by atoms with Gasteiger partial charge in [0.15, 0.2) is 5.82 Å². The first-order valence-electron chi connectivity index (χ1n) is 18.0. The Bertz CT molecular complexity index is 1790. The summed E-state index contributed by atoms with van der Waals surface area (Å²) in [5.74, 6) is 1.54. The highest BCUT2D eigenvalue weighted by molar-refractivity contribution is 6.00. The number of nitrogens with one attached hydrogen (secondary N) is 4. The molecule has 53 heavy (non-hydrogen) atoms. The van der Waals surface area contributed by atoms with Crippen molar-refractivity contribution in [2.24, 2.45) is 0 Å². The van der Waals surface area contributed by atoms with Crippen molar-refractivity contribution in [3.05, 3.63) is 78.4 Å². The highest BCUT2D eigenvalue weighted by Crippen LogP contribution is 2.24. The van der Waals surface area contributed by atoms with Crippen LogP contribution in [0, 0.1) is 0 Å². The number of benzene rings is 3. The molecule has 15 heteroatoms. The average molecular weight is 723 g/mol. The molecule has 6 rings (SSSR count). The van der Waals surface area contributed by atoms with E-state index in [0.29, 0.717) is 112 Å². The molecule has 0 bridgehead atoms. The number of nitrogens with two attached hydrogens (primary N) is 1. The number of rotatable bonds is 14. The van der Waals surface area contributed by atoms with Gasteiger partial charge >= 0.3 is 6.03 Å². The lowest BCUT2D eigenvalue weighted by Gasteiger charge is -2.30. The fraction of sp³-hybridized carbons (Fsp3) is 0.368. The molecule has 6 N–H and O–H groups in total. The summed E-state index contributed by atoms with van der Waals surface area (Å²) < 4.78 is 11.0.